The van der Waals surface area contributed by atoms with Crippen LogP contribution in [0, 0.1) is 0 Å². The molecule has 140 valence electrons. The van der Waals surface area contributed by atoms with Crippen LogP contribution in [0.2, 0.25) is 0 Å². The first-order valence-corrected chi connectivity index (χ1v) is 8.51. The fourth-order valence-electron chi connectivity index (χ4n) is 2.49. The van der Waals surface area contributed by atoms with Crippen LogP contribution in [0.4, 0.5) is 5.69 Å². The number of nitrogens with one attached hydrogen (secondary N) is 2. The zero-order chi connectivity index (χ0) is 18.8. The normalized spacial score (nSPS) is 10.3. The summed E-state index contributed by atoms with van der Waals surface area (Å²) in [6, 6.07) is 13.3. The molecule has 26 heavy (non-hydrogen) atoms. The van der Waals surface area contributed by atoms with Crippen LogP contribution >= 0.6 is 0 Å². The molecule has 0 bridgehead atoms. The molecule has 0 aliphatic heterocycles. The van der Waals surface area contributed by atoms with Crippen molar-refractivity contribution in [1.82, 2.24) is 5.32 Å². The van der Waals surface area contributed by atoms with Crippen molar-refractivity contribution in [2.24, 2.45) is 0 Å². The molecule has 0 fully saturated rings. The topological polar surface area (TPSA) is 68.8 Å². The Bertz CT molecular complexity index is 701. The minimum atomic E-state index is -0.0471. The lowest BCUT2D eigenvalue weighted by Gasteiger charge is -2.11. The van der Waals surface area contributed by atoms with Gasteiger partial charge >= 0.3 is 0 Å². The van der Waals surface area contributed by atoms with E-state index in [4.69, 9.17) is 14.2 Å². The van der Waals surface area contributed by atoms with Crippen LogP contribution in [-0.4, -0.2) is 40.3 Å². The van der Waals surface area contributed by atoms with Gasteiger partial charge in [0, 0.05) is 24.7 Å². The fraction of sp³-hybridized carbons (Fsp3) is 0.350. The number of hydrogen-bond donors (Lipinski definition) is 2. The Morgan fingerprint density at radius 3 is 2.27 bits per heavy atom. The number of carbonyl (C=O) groups is 1. The molecule has 0 saturated heterocycles. The first-order chi connectivity index (χ1) is 12.7. The van der Waals surface area contributed by atoms with E-state index in [0.29, 0.717) is 30.2 Å². The summed E-state index contributed by atoms with van der Waals surface area (Å²) in [5.41, 5.74) is 1.92. The summed E-state index contributed by atoms with van der Waals surface area (Å²) < 4.78 is 15.6. The number of rotatable bonds is 10. The highest BCUT2D eigenvalue weighted by Crippen LogP contribution is 2.29. The molecule has 0 spiro atoms. The van der Waals surface area contributed by atoms with Crippen molar-refractivity contribution in [3.8, 4) is 17.2 Å². The van der Waals surface area contributed by atoms with Gasteiger partial charge in [-0.3, -0.25) is 4.79 Å². The first kappa shape index (κ1) is 19.6. The second-order valence-corrected chi connectivity index (χ2v) is 5.72. The van der Waals surface area contributed by atoms with Crippen LogP contribution in [0.1, 0.15) is 12.0 Å². The summed E-state index contributed by atoms with van der Waals surface area (Å²) in [4.78, 5) is 12.0. The molecule has 0 aliphatic rings. The molecule has 6 heteroatoms. The monoisotopic (exact) mass is 358 g/mol. The van der Waals surface area contributed by atoms with Crippen LogP contribution in [0.25, 0.3) is 0 Å². The summed E-state index contributed by atoms with van der Waals surface area (Å²) in [5.74, 6) is 2.02. The maximum absolute atomic E-state index is 12.0. The van der Waals surface area contributed by atoms with Gasteiger partial charge in [-0.05, 0) is 42.8 Å². The number of amides is 1. The Balaban J connectivity index is 1.68. The quantitative estimate of drug-likeness (QED) is 0.639. The maximum atomic E-state index is 12.0. The van der Waals surface area contributed by atoms with Gasteiger partial charge in [-0.2, -0.15) is 0 Å². The van der Waals surface area contributed by atoms with E-state index >= 15 is 0 Å². The Kier molecular flexibility index (Phi) is 7.76. The van der Waals surface area contributed by atoms with Gasteiger partial charge in [0.2, 0.25) is 5.91 Å². The molecule has 0 aliphatic carbocycles. The molecule has 0 saturated carbocycles. The molecular formula is C20H26N2O4. The minimum Gasteiger partial charge on any atom is -0.497 e. The minimum absolute atomic E-state index is 0.0471. The molecule has 2 aromatic rings. The largest absolute Gasteiger partial charge is 0.497 e. The summed E-state index contributed by atoms with van der Waals surface area (Å²) in [6.07, 6.45) is 1.30. The zero-order valence-corrected chi connectivity index (χ0v) is 15.5. The lowest BCUT2D eigenvalue weighted by Crippen LogP contribution is -2.23. The zero-order valence-electron chi connectivity index (χ0n) is 15.5. The van der Waals surface area contributed by atoms with Crippen LogP contribution in [-0.2, 0) is 11.2 Å². The van der Waals surface area contributed by atoms with Gasteiger partial charge in [0.05, 0.1) is 21.3 Å². The lowest BCUT2D eigenvalue weighted by atomic mass is 10.1. The van der Waals surface area contributed by atoms with Gasteiger partial charge in [0.15, 0.2) is 11.5 Å². The van der Waals surface area contributed by atoms with E-state index in [1.165, 1.54) is 5.56 Å². The molecule has 2 rings (SSSR count). The number of methoxy groups -OCH3 is 3. The molecule has 0 radical (unpaired) electrons. The number of anilines is 1. The lowest BCUT2D eigenvalue weighted by molar-refractivity contribution is -0.116. The third kappa shape index (κ3) is 5.97. The van der Waals surface area contributed by atoms with Crippen molar-refractivity contribution in [1.29, 1.82) is 0 Å². The first-order valence-electron chi connectivity index (χ1n) is 8.51. The van der Waals surface area contributed by atoms with Crippen LogP contribution in [0.3, 0.4) is 0 Å². The Morgan fingerprint density at radius 2 is 1.62 bits per heavy atom. The Labute approximate surface area is 154 Å². The highest BCUT2D eigenvalue weighted by molar-refractivity contribution is 5.91. The van der Waals surface area contributed by atoms with E-state index in [-0.39, 0.29) is 5.91 Å². The number of benzene rings is 2. The number of hydrogen-bond acceptors (Lipinski definition) is 5. The summed E-state index contributed by atoms with van der Waals surface area (Å²) in [5, 5.41) is 6.14. The predicted octanol–water partition coefficient (Wildman–Crippen LogP) is 2.87. The second-order valence-electron chi connectivity index (χ2n) is 5.72. The van der Waals surface area contributed by atoms with E-state index in [9.17, 15) is 4.79 Å². The number of carbonyl (C=O) groups excluding carboxylic acids is 1. The smallest absolute Gasteiger partial charge is 0.225 e. The standard InChI is InChI=1S/C20H26N2O4/c1-24-17-7-4-15(5-8-17)10-12-21-13-11-20(23)22-16-6-9-18(25-2)19(14-16)26-3/h4-9,14,21H,10-13H2,1-3H3,(H,22,23). The summed E-state index contributed by atoms with van der Waals surface area (Å²) >= 11 is 0. The van der Waals surface area contributed by atoms with Crippen LogP contribution in [0.5, 0.6) is 17.2 Å². The van der Waals surface area contributed by atoms with Crippen molar-refractivity contribution in [3.63, 3.8) is 0 Å². The van der Waals surface area contributed by atoms with Crippen molar-refractivity contribution in [2.45, 2.75) is 12.8 Å². The van der Waals surface area contributed by atoms with Gasteiger partial charge in [-0.25, -0.2) is 0 Å². The van der Waals surface area contributed by atoms with E-state index in [0.717, 1.165) is 18.7 Å². The third-order valence-electron chi connectivity index (χ3n) is 3.95. The van der Waals surface area contributed by atoms with Crippen molar-refractivity contribution < 1.29 is 19.0 Å². The third-order valence-corrected chi connectivity index (χ3v) is 3.95. The highest BCUT2D eigenvalue weighted by Gasteiger charge is 2.07. The van der Waals surface area contributed by atoms with Gasteiger partial charge in [0.1, 0.15) is 5.75 Å². The summed E-state index contributed by atoms with van der Waals surface area (Å²) in [6.45, 7) is 1.44. The van der Waals surface area contributed by atoms with E-state index in [2.05, 4.69) is 10.6 Å². The average Bonchev–Trinajstić information content (AvgIpc) is 2.68. The molecular weight excluding hydrogens is 332 g/mol. The molecule has 2 aromatic carbocycles. The number of ether oxygens (including phenoxy) is 3. The molecule has 0 aromatic heterocycles. The van der Waals surface area contributed by atoms with E-state index in [1.54, 1.807) is 39.5 Å². The van der Waals surface area contributed by atoms with E-state index < -0.39 is 0 Å². The van der Waals surface area contributed by atoms with Crippen LogP contribution < -0.4 is 24.8 Å². The fourth-order valence-corrected chi connectivity index (χ4v) is 2.49. The van der Waals surface area contributed by atoms with Crippen molar-refractivity contribution >= 4 is 11.6 Å². The molecule has 1 amide bonds. The molecule has 0 unspecified atom stereocenters. The van der Waals surface area contributed by atoms with Crippen LogP contribution in [0.15, 0.2) is 42.5 Å². The molecule has 6 nitrogen and oxygen atoms in total. The van der Waals surface area contributed by atoms with Crippen molar-refractivity contribution in [3.05, 3.63) is 48.0 Å². The molecule has 2 N–H and O–H groups in total. The molecule has 0 heterocycles. The Hall–Kier alpha value is -2.73. The van der Waals surface area contributed by atoms with Gasteiger partial charge in [-0.15, -0.1) is 0 Å². The highest BCUT2D eigenvalue weighted by atomic mass is 16.5. The van der Waals surface area contributed by atoms with Crippen molar-refractivity contribution in [2.75, 3.05) is 39.7 Å². The second kappa shape index (κ2) is 10.3. The maximum Gasteiger partial charge on any atom is 0.225 e. The predicted molar refractivity (Wildman–Crippen MR) is 102 cm³/mol. The average molecular weight is 358 g/mol. The van der Waals surface area contributed by atoms with Gasteiger partial charge in [-0.1, -0.05) is 12.1 Å². The Morgan fingerprint density at radius 1 is 0.885 bits per heavy atom. The SMILES string of the molecule is COc1ccc(CCNCCC(=O)Nc2ccc(OC)c(OC)c2)cc1. The van der Waals surface area contributed by atoms with Gasteiger partial charge < -0.3 is 24.8 Å². The molecule has 0 atom stereocenters. The van der Waals surface area contributed by atoms with Gasteiger partial charge in [0.25, 0.3) is 0 Å². The summed E-state index contributed by atoms with van der Waals surface area (Å²) in [7, 11) is 4.80. The van der Waals surface area contributed by atoms with E-state index in [1.807, 2.05) is 24.3 Å².